The van der Waals surface area contributed by atoms with Crippen LogP contribution < -0.4 is 29.4 Å². The molecule has 4 rings (SSSR count). The summed E-state index contributed by atoms with van der Waals surface area (Å²) in [6, 6.07) is 14.0. The van der Waals surface area contributed by atoms with E-state index in [1.165, 1.54) is 13.4 Å². The second kappa shape index (κ2) is 15.0. The molecule has 0 radical (unpaired) electrons. The predicted octanol–water partition coefficient (Wildman–Crippen LogP) is 5.71. The summed E-state index contributed by atoms with van der Waals surface area (Å²) < 4.78 is 33.4. The molecule has 45 heavy (non-hydrogen) atoms. The van der Waals surface area contributed by atoms with Crippen LogP contribution in [0, 0.1) is 0 Å². The quantitative estimate of drug-likeness (QED) is 0.166. The van der Waals surface area contributed by atoms with Gasteiger partial charge in [-0.05, 0) is 42.0 Å². The van der Waals surface area contributed by atoms with Crippen LogP contribution in [-0.4, -0.2) is 58.2 Å². The Kier molecular flexibility index (Phi) is 11.2. The van der Waals surface area contributed by atoms with Crippen molar-refractivity contribution in [2.24, 2.45) is 0 Å². The number of methoxy groups -OCH3 is 6. The maximum atomic E-state index is 14.1. The van der Waals surface area contributed by atoms with Crippen LogP contribution in [0.25, 0.3) is 5.69 Å². The molecule has 238 valence electrons. The lowest BCUT2D eigenvalue weighted by molar-refractivity contribution is 0.0598. The fourth-order valence-electron chi connectivity index (χ4n) is 4.81. The van der Waals surface area contributed by atoms with Crippen molar-refractivity contribution in [2.75, 3.05) is 47.6 Å². The van der Waals surface area contributed by atoms with Gasteiger partial charge in [0.15, 0.2) is 11.4 Å². The first kappa shape index (κ1) is 33.4. The maximum Gasteiger partial charge on any atom is 0.347 e. The molecule has 0 aliphatic rings. The van der Waals surface area contributed by atoms with Crippen molar-refractivity contribution in [3.8, 4) is 28.7 Å². The molecular formula is C32H33Cl2N3O8. The lowest BCUT2D eigenvalue weighted by Gasteiger charge is -2.27. The highest BCUT2D eigenvalue weighted by molar-refractivity contribution is 6.37. The third-order valence-corrected chi connectivity index (χ3v) is 7.56. The molecule has 13 heteroatoms. The fourth-order valence-corrected chi connectivity index (χ4v) is 5.52. The van der Waals surface area contributed by atoms with Gasteiger partial charge in [-0.25, -0.2) is 9.78 Å². The maximum absolute atomic E-state index is 14.1. The number of benzene rings is 3. The Morgan fingerprint density at radius 3 is 1.78 bits per heavy atom. The lowest BCUT2D eigenvalue weighted by Crippen LogP contribution is -2.33. The fraction of sp³-hybridized carbons (Fsp3) is 0.281. The molecule has 0 spiro atoms. The minimum Gasteiger partial charge on any atom is -0.497 e. The van der Waals surface area contributed by atoms with E-state index < -0.39 is 11.5 Å². The van der Waals surface area contributed by atoms with Crippen LogP contribution in [0.4, 0.5) is 5.82 Å². The molecule has 0 fully saturated rings. The van der Waals surface area contributed by atoms with Gasteiger partial charge in [0.1, 0.15) is 29.3 Å². The highest BCUT2D eigenvalue weighted by atomic mass is 35.5. The number of hydrogen-bond acceptors (Lipinski definition) is 10. The van der Waals surface area contributed by atoms with Gasteiger partial charge in [-0.1, -0.05) is 23.2 Å². The lowest BCUT2D eigenvalue weighted by atomic mass is 10.1. The number of halogens is 2. The van der Waals surface area contributed by atoms with Crippen LogP contribution in [0.3, 0.4) is 0 Å². The number of anilines is 1. The van der Waals surface area contributed by atoms with E-state index in [1.807, 2.05) is 12.1 Å². The van der Waals surface area contributed by atoms with Crippen LogP contribution in [0.15, 0.2) is 59.7 Å². The Labute approximate surface area is 270 Å². The molecule has 0 saturated carbocycles. The van der Waals surface area contributed by atoms with Gasteiger partial charge >= 0.3 is 5.97 Å². The second-order valence-corrected chi connectivity index (χ2v) is 10.5. The monoisotopic (exact) mass is 657 g/mol. The van der Waals surface area contributed by atoms with Gasteiger partial charge in [0, 0.05) is 43.5 Å². The van der Waals surface area contributed by atoms with E-state index in [0.717, 1.165) is 15.7 Å². The summed E-state index contributed by atoms with van der Waals surface area (Å²) in [7, 11) is 8.93. The van der Waals surface area contributed by atoms with Gasteiger partial charge < -0.3 is 33.3 Å². The van der Waals surface area contributed by atoms with E-state index in [-0.39, 0.29) is 46.8 Å². The average molecular weight is 659 g/mol. The zero-order valence-electron chi connectivity index (χ0n) is 25.7. The van der Waals surface area contributed by atoms with Crippen LogP contribution in [0.5, 0.6) is 23.0 Å². The average Bonchev–Trinajstić information content (AvgIpc) is 3.04. The van der Waals surface area contributed by atoms with Gasteiger partial charge in [0.25, 0.3) is 5.56 Å². The molecule has 4 aromatic rings. The van der Waals surface area contributed by atoms with Crippen molar-refractivity contribution in [1.82, 2.24) is 9.55 Å². The van der Waals surface area contributed by atoms with Gasteiger partial charge in [-0.3, -0.25) is 9.36 Å². The first-order valence-electron chi connectivity index (χ1n) is 13.5. The number of carbonyl (C=O) groups is 1. The predicted molar refractivity (Wildman–Crippen MR) is 171 cm³/mol. The van der Waals surface area contributed by atoms with Crippen molar-refractivity contribution in [1.29, 1.82) is 0 Å². The molecule has 0 unspecified atom stereocenters. The van der Waals surface area contributed by atoms with Gasteiger partial charge in [-0.2, -0.15) is 0 Å². The Morgan fingerprint density at radius 2 is 1.33 bits per heavy atom. The molecule has 0 aliphatic carbocycles. The van der Waals surface area contributed by atoms with E-state index in [4.69, 9.17) is 51.6 Å². The number of carbonyl (C=O) groups excluding carboxylic acids is 1. The zero-order valence-corrected chi connectivity index (χ0v) is 27.2. The highest BCUT2D eigenvalue weighted by Gasteiger charge is 2.28. The van der Waals surface area contributed by atoms with E-state index in [9.17, 15) is 9.59 Å². The molecule has 1 heterocycles. The van der Waals surface area contributed by atoms with Gasteiger partial charge in [0.05, 0.1) is 57.9 Å². The molecule has 0 aliphatic heterocycles. The van der Waals surface area contributed by atoms with E-state index >= 15 is 0 Å². The van der Waals surface area contributed by atoms with E-state index in [1.54, 1.807) is 76.8 Å². The third kappa shape index (κ3) is 7.28. The van der Waals surface area contributed by atoms with Crippen molar-refractivity contribution in [2.45, 2.75) is 19.7 Å². The summed E-state index contributed by atoms with van der Waals surface area (Å²) in [5.41, 5.74) is 1.26. The normalized spacial score (nSPS) is 10.8. The SMILES string of the molecule is COCc1cc(Cl)c(-n2cnc(N(Cc3ccc(OC)cc3OC)Cc3ccc(OC)cc3OC)c(C(=O)OC)c2=O)c(Cl)c1. The number of nitrogens with zero attached hydrogens (tertiary/aromatic N) is 3. The standard InChI is InChI=1S/C32H33Cl2N3O8/c1-40-17-19-11-24(33)29(25(34)12-19)37-18-35-30(28(31(37)38)32(39)45-6)36(15-20-7-9-22(41-2)13-26(20)43-4)16-21-8-10-23(42-3)14-27(21)44-5/h7-14,18H,15-17H2,1-6H3. The van der Waals surface area contributed by atoms with Gasteiger partial charge in [0.2, 0.25) is 0 Å². The molecule has 0 bridgehead atoms. The Hall–Kier alpha value is -4.45. The first-order valence-corrected chi connectivity index (χ1v) is 14.3. The van der Waals surface area contributed by atoms with E-state index in [2.05, 4.69) is 4.98 Å². The van der Waals surface area contributed by atoms with Crippen LogP contribution in [0.1, 0.15) is 27.0 Å². The smallest absolute Gasteiger partial charge is 0.347 e. The highest BCUT2D eigenvalue weighted by Crippen LogP contribution is 2.33. The van der Waals surface area contributed by atoms with Gasteiger partial charge in [-0.15, -0.1) is 0 Å². The molecule has 1 aromatic heterocycles. The molecule has 0 amide bonds. The van der Waals surface area contributed by atoms with E-state index in [0.29, 0.717) is 28.6 Å². The summed E-state index contributed by atoms with van der Waals surface area (Å²) in [5, 5.41) is 0.342. The largest absolute Gasteiger partial charge is 0.497 e. The number of esters is 1. The Bertz CT molecular complexity index is 1660. The molecule has 0 saturated heterocycles. The molecule has 11 nitrogen and oxygen atoms in total. The Morgan fingerprint density at radius 1 is 0.800 bits per heavy atom. The molecule has 3 aromatic carbocycles. The Balaban J connectivity index is 1.93. The van der Waals surface area contributed by atoms with Crippen molar-refractivity contribution < 1.29 is 33.2 Å². The summed E-state index contributed by atoms with van der Waals surface area (Å²) in [6.45, 7) is 0.587. The molecular weight excluding hydrogens is 625 g/mol. The minimum atomic E-state index is -0.895. The number of ether oxygens (including phenoxy) is 6. The minimum absolute atomic E-state index is 0.0575. The molecule has 0 atom stereocenters. The summed E-state index contributed by atoms with van der Waals surface area (Å²) in [5.74, 6) is 1.42. The number of aromatic nitrogens is 2. The number of hydrogen-bond donors (Lipinski definition) is 0. The number of rotatable bonds is 13. The summed E-state index contributed by atoms with van der Waals surface area (Å²) >= 11 is 13.1. The van der Waals surface area contributed by atoms with Crippen LogP contribution in [-0.2, 0) is 29.2 Å². The van der Waals surface area contributed by atoms with Crippen molar-refractivity contribution in [3.05, 3.63) is 97.5 Å². The van der Waals surface area contributed by atoms with Crippen molar-refractivity contribution in [3.63, 3.8) is 0 Å². The topological polar surface area (TPSA) is 111 Å². The summed E-state index contributed by atoms with van der Waals surface area (Å²) in [4.78, 5) is 33.8. The van der Waals surface area contributed by atoms with Crippen molar-refractivity contribution >= 4 is 35.0 Å². The molecule has 0 N–H and O–H groups in total. The third-order valence-electron chi connectivity index (χ3n) is 6.98. The first-order chi connectivity index (χ1) is 21.7. The van der Waals surface area contributed by atoms with Crippen LogP contribution >= 0.6 is 23.2 Å². The van der Waals surface area contributed by atoms with Crippen LogP contribution in [0.2, 0.25) is 10.0 Å². The zero-order chi connectivity index (χ0) is 32.7. The second-order valence-electron chi connectivity index (χ2n) is 9.66. The summed E-state index contributed by atoms with van der Waals surface area (Å²) in [6.07, 6.45) is 1.27.